The van der Waals surface area contributed by atoms with Gasteiger partial charge in [0.05, 0.1) is 0 Å². The molecule has 0 bridgehead atoms. The van der Waals surface area contributed by atoms with E-state index in [1.807, 2.05) is 6.07 Å². The van der Waals surface area contributed by atoms with Gasteiger partial charge in [0.15, 0.2) is 5.69 Å². The van der Waals surface area contributed by atoms with Crippen molar-refractivity contribution in [3.63, 3.8) is 0 Å². The Labute approximate surface area is 88.3 Å². The number of carbonyl (C=O) groups is 1. The van der Waals surface area contributed by atoms with E-state index in [2.05, 4.69) is 5.10 Å². The number of ether oxygens (including phenoxy) is 1. The van der Waals surface area contributed by atoms with Gasteiger partial charge in [0, 0.05) is 5.69 Å². The van der Waals surface area contributed by atoms with Crippen LogP contribution < -0.4 is 0 Å². The highest BCUT2D eigenvalue weighted by atomic mass is 16.6. The number of nitriles is 1. The minimum atomic E-state index is -0.568. The molecule has 0 saturated carbocycles. The van der Waals surface area contributed by atoms with Crippen LogP contribution in [0.3, 0.4) is 0 Å². The molecule has 1 aromatic heterocycles. The molecule has 0 fully saturated rings. The van der Waals surface area contributed by atoms with E-state index >= 15 is 0 Å². The van der Waals surface area contributed by atoms with Crippen LogP contribution in [0.2, 0.25) is 0 Å². The maximum Gasteiger partial charge on any atom is 0.435 e. The normalized spacial score (nSPS) is 10.9. The lowest BCUT2D eigenvalue weighted by molar-refractivity contribution is 0.0511. The van der Waals surface area contributed by atoms with Gasteiger partial charge in [0.25, 0.3) is 0 Å². The van der Waals surface area contributed by atoms with E-state index in [-0.39, 0.29) is 5.69 Å². The van der Waals surface area contributed by atoms with Crippen molar-refractivity contribution < 1.29 is 9.53 Å². The van der Waals surface area contributed by atoms with Gasteiger partial charge >= 0.3 is 6.09 Å². The minimum absolute atomic E-state index is 0.207. The third-order valence-corrected chi connectivity index (χ3v) is 1.57. The highest BCUT2D eigenvalue weighted by Crippen LogP contribution is 2.10. The summed E-state index contributed by atoms with van der Waals surface area (Å²) in [4.78, 5) is 11.6. The van der Waals surface area contributed by atoms with Crippen LogP contribution in [0.1, 0.15) is 32.2 Å². The molecular formula is C10H13N3O2. The Morgan fingerprint density at radius 2 is 2.20 bits per heavy atom. The summed E-state index contributed by atoms with van der Waals surface area (Å²) in [7, 11) is 0. The summed E-state index contributed by atoms with van der Waals surface area (Å²) in [6, 6.07) is 3.40. The van der Waals surface area contributed by atoms with Crippen molar-refractivity contribution in [2.45, 2.75) is 33.3 Å². The molecule has 1 aromatic rings. The fourth-order valence-electron chi connectivity index (χ4n) is 1.02. The molecule has 15 heavy (non-hydrogen) atoms. The van der Waals surface area contributed by atoms with Crippen LogP contribution in [-0.4, -0.2) is 21.5 Å². The second-order valence-corrected chi connectivity index (χ2v) is 4.17. The van der Waals surface area contributed by atoms with Crippen LogP contribution in [-0.2, 0) is 4.74 Å². The summed E-state index contributed by atoms with van der Waals surface area (Å²) in [6.45, 7) is 7.01. The largest absolute Gasteiger partial charge is 0.442 e. The molecule has 5 heteroatoms. The van der Waals surface area contributed by atoms with Crippen molar-refractivity contribution in [2.24, 2.45) is 0 Å². The van der Waals surface area contributed by atoms with Gasteiger partial charge in [-0.15, -0.1) is 0 Å². The van der Waals surface area contributed by atoms with E-state index < -0.39 is 11.7 Å². The number of hydrogen-bond acceptors (Lipinski definition) is 4. The standard InChI is InChI=1S/C10H13N3O2/c1-7-5-8(6-11)12-13(7)9(14)15-10(2,3)4/h5H,1-4H3. The van der Waals surface area contributed by atoms with Gasteiger partial charge in [0.1, 0.15) is 11.7 Å². The molecule has 0 aliphatic rings. The van der Waals surface area contributed by atoms with Crippen LogP contribution in [0.5, 0.6) is 0 Å². The van der Waals surface area contributed by atoms with Gasteiger partial charge in [0.2, 0.25) is 0 Å². The van der Waals surface area contributed by atoms with Gasteiger partial charge in [-0.1, -0.05) is 0 Å². The van der Waals surface area contributed by atoms with Gasteiger partial charge in [-0.2, -0.15) is 15.0 Å². The molecule has 0 atom stereocenters. The highest BCUT2D eigenvalue weighted by Gasteiger charge is 2.20. The Bertz CT molecular complexity index is 421. The number of carbonyl (C=O) groups excluding carboxylic acids is 1. The topological polar surface area (TPSA) is 67.9 Å². The zero-order valence-electron chi connectivity index (χ0n) is 9.24. The summed E-state index contributed by atoms with van der Waals surface area (Å²) in [5, 5.41) is 12.4. The zero-order chi connectivity index (χ0) is 11.6. The van der Waals surface area contributed by atoms with E-state index in [1.54, 1.807) is 27.7 Å². The molecule has 0 N–H and O–H groups in total. The van der Waals surface area contributed by atoms with Crippen molar-refractivity contribution in [1.82, 2.24) is 9.78 Å². The number of aryl methyl sites for hydroxylation is 1. The number of hydrogen-bond donors (Lipinski definition) is 0. The Kier molecular flexibility index (Phi) is 2.80. The average molecular weight is 207 g/mol. The van der Waals surface area contributed by atoms with Crippen molar-refractivity contribution in [1.29, 1.82) is 5.26 Å². The quantitative estimate of drug-likeness (QED) is 0.651. The smallest absolute Gasteiger partial charge is 0.435 e. The van der Waals surface area contributed by atoms with Gasteiger partial charge < -0.3 is 4.74 Å². The van der Waals surface area contributed by atoms with E-state index in [1.165, 1.54) is 6.07 Å². The number of nitrogens with zero attached hydrogens (tertiary/aromatic N) is 3. The molecule has 1 rings (SSSR count). The molecule has 1 heterocycles. The highest BCUT2D eigenvalue weighted by molar-refractivity contribution is 5.70. The fourth-order valence-corrected chi connectivity index (χ4v) is 1.02. The fraction of sp³-hybridized carbons (Fsp3) is 0.500. The summed E-state index contributed by atoms with van der Waals surface area (Å²) in [6.07, 6.45) is -0.568. The minimum Gasteiger partial charge on any atom is -0.442 e. The van der Waals surface area contributed by atoms with Gasteiger partial charge in [-0.25, -0.2) is 4.79 Å². The molecule has 80 valence electrons. The first-order chi connectivity index (χ1) is 6.83. The van der Waals surface area contributed by atoms with Gasteiger partial charge in [-0.05, 0) is 33.8 Å². The SMILES string of the molecule is Cc1cc(C#N)nn1C(=O)OC(C)(C)C. The molecule has 0 aromatic carbocycles. The monoisotopic (exact) mass is 207 g/mol. The molecular weight excluding hydrogens is 194 g/mol. The van der Waals surface area contributed by atoms with Crippen molar-refractivity contribution in [2.75, 3.05) is 0 Å². The lowest BCUT2D eigenvalue weighted by Gasteiger charge is -2.19. The van der Waals surface area contributed by atoms with Crippen molar-refractivity contribution in [3.05, 3.63) is 17.5 Å². The molecule has 0 amide bonds. The molecule has 0 spiro atoms. The molecule has 0 aliphatic heterocycles. The maximum absolute atomic E-state index is 11.6. The summed E-state index contributed by atoms with van der Waals surface area (Å²) in [5.41, 5.74) is 0.224. The molecule has 0 aliphatic carbocycles. The van der Waals surface area contributed by atoms with E-state index in [9.17, 15) is 4.79 Å². The average Bonchev–Trinajstić information content (AvgIpc) is 2.43. The maximum atomic E-state index is 11.6. The van der Waals surface area contributed by atoms with Crippen LogP contribution in [0.4, 0.5) is 4.79 Å². The summed E-state index contributed by atoms with van der Waals surface area (Å²) >= 11 is 0. The van der Waals surface area contributed by atoms with Crippen LogP contribution in [0.25, 0.3) is 0 Å². The lowest BCUT2D eigenvalue weighted by Crippen LogP contribution is -2.28. The third kappa shape index (κ3) is 2.81. The first kappa shape index (κ1) is 11.2. The number of rotatable bonds is 0. The lowest BCUT2D eigenvalue weighted by atomic mass is 10.2. The van der Waals surface area contributed by atoms with E-state index in [0.29, 0.717) is 5.69 Å². The summed E-state index contributed by atoms with van der Waals surface area (Å²) < 4.78 is 6.20. The summed E-state index contributed by atoms with van der Waals surface area (Å²) in [5.74, 6) is 0. The Balaban J connectivity index is 2.93. The predicted octanol–water partition coefficient (Wildman–Crippen LogP) is 1.85. The Morgan fingerprint density at radius 3 is 2.60 bits per heavy atom. The molecule has 0 unspecified atom stereocenters. The van der Waals surface area contributed by atoms with Crippen LogP contribution in [0.15, 0.2) is 6.07 Å². The zero-order valence-corrected chi connectivity index (χ0v) is 9.24. The van der Waals surface area contributed by atoms with Gasteiger partial charge in [-0.3, -0.25) is 0 Å². The second-order valence-electron chi connectivity index (χ2n) is 4.17. The first-order valence-corrected chi connectivity index (χ1v) is 4.53. The third-order valence-electron chi connectivity index (χ3n) is 1.57. The van der Waals surface area contributed by atoms with E-state index in [4.69, 9.17) is 10.00 Å². The van der Waals surface area contributed by atoms with Crippen LogP contribution >= 0.6 is 0 Å². The Hall–Kier alpha value is -1.83. The van der Waals surface area contributed by atoms with E-state index in [0.717, 1.165) is 4.68 Å². The number of aromatic nitrogens is 2. The van der Waals surface area contributed by atoms with Crippen molar-refractivity contribution in [3.8, 4) is 6.07 Å². The first-order valence-electron chi connectivity index (χ1n) is 4.53. The molecule has 0 saturated heterocycles. The second kappa shape index (κ2) is 3.73. The molecule has 0 radical (unpaired) electrons. The molecule has 5 nitrogen and oxygen atoms in total. The van der Waals surface area contributed by atoms with Crippen molar-refractivity contribution >= 4 is 6.09 Å². The Morgan fingerprint density at radius 1 is 1.60 bits per heavy atom. The van der Waals surface area contributed by atoms with Crippen LogP contribution in [0, 0.1) is 18.3 Å². The predicted molar refractivity (Wildman–Crippen MR) is 53.3 cm³/mol.